The lowest BCUT2D eigenvalue weighted by Crippen LogP contribution is -2.65. The zero-order chi connectivity index (χ0) is 11.6. The minimum absolute atomic E-state index is 0.119. The highest BCUT2D eigenvalue weighted by atomic mass is 16.7. The third kappa shape index (κ3) is 2.30. The van der Waals surface area contributed by atoms with Gasteiger partial charge in [0.2, 0.25) is 0 Å². The first-order valence-electron chi connectivity index (χ1n) is 5.01. The SMILES string of the molecule is CCCC1(O)OC(CO)C(O)C(O)C1O. The quantitative estimate of drug-likeness (QED) is 0.376. The highest BCUT2D eigenvalue weighted by Crippen LogP contribution is 2.31. The predicted octanol–water partition coefficient (Wildman–Crippen LogP) is -2.05. The molecule has 5 atom stereocenters. The number of hydrogen-bond donors (Lipinski definition) is 5. The Morgan fingerprint density at radius 1 is 1.20 bits per heavy atom. The topological polar surface area (TPSA) is 110 Å². The van der Waals surface area contributed by atoms with Gasteiger partial charge in [0.25, 0.3) is 0 Å². The van der Waals surface area contributed by atoms with Gasteiger partial charge < -0.3 is 30.3 Å². The van der Waals surface area contributed by atoms with E-state index in [1.54, 1.807) is 6.92 Å². The Labute approximate surface area is 87.7 Å². The van der Waals surface area contributed by atoms with Crippen molar-refractivity contribution >= 4 is 0 Å². The molecule has 0 aromatic carbocycles. The second kappa shape index (κ2) is 4.73. The molecule has 6 nitrogen and oxygen atoms in total. The van der Waals surface area contributed by atoms with Gasteiger partial charge in [0, 0.05) is 6.42 Å². The second-order valence-electron chi connectivity index (χ2n) is 3.86. The fourth-order valence-electron chi connectivity index (χ4n) is 1.79. The van der Waals surface area contributed by atoms with Crippen molar-refractivity contribution < 1.29 is 30.3 Å². The normalized spacial score (nSPS) is 46.8. The molecular weight excluding hydrogens is 204 g/mol. The van der Waals surface area contributed by atoms with Gasteiger partial charge in [-0.2, -0.15) is 0 Å². The number of aliphatic hydroxyl groups excluding tert-OH is 4. The first kappa shape index (κ1) is 12.8. The van der Waals surface area contributed by atoms with Gasteiger partial charge in [0.1, 0.15) is 24.4 Å². The van der Waals surface area contributed by atoms with E-state index in [9.17, 15) is 20.4 Å². The van der Waals surface area contributed by atoms with Crippen LogP contribution < -0.4 is 0 Å². The molecule has 0 amide bonds. The first-order chi connectivity index (χ1) is 6.96. The largest absolute Gasteiger partial charge is 0.394 e. The summed E-state index contributed by atoms with van der Waals surface area (Å²) in [6.45, 7) is 1.25. The molecule has 0 saturated carbocycles. The molecule has 15 heavy (non-hydrogen) atoms. The van der Waals surface area contributed by atoms with E-state index < -0.39 is 36.8 Å². The van der Waals surface area contributed by atoms with Crippen LogP contribution in [0.2, 0.25) is 0 Å². The maximum Gasteiger partial charge on any atom is 0.195 e. The summed E-state index contributed by atoms with van der Waals surface area (Å²) in [6, 6.07) is 0. The molecule has 5 N–H and O–H groups in total. The van der Waals surface area contributed by atoms with Gasteiger partial charge in [-0.3, -0.25) is 0 Å². The van der Waals surface area contributed by atoms with Crippen molar-refractivity contribution in [2.75, 3.05) is 6.61 Å². The highest BCUT2D eigenvalue weighted by Gasteiger charge is 2.51. The summed E-state index contributed by atoms with van der Waals surface area (Å²) in [4.78, 5) is 0. The molecule has 5 unspecified atom stereocenters. The van der Waals surface area contributed by atoms with E-state index in [2.05, 4.69) is 0 Å². The van der Waals surface area contributed by atoms with Crippen molar-refractivity contribution in [1.82, 2.24) is 0 Å². The van der Waals surface area contributed by atoms with Crippen LogP contribution in [0.15, 0.2) is 0 Å². The maximum atomic E-state index is 9.88. The lowest BCUT2D eigenvalue weighted by molar-refractivity contribution is -0.351. The van der Waals surface area contributed by atoms with E-state index >= 15 is 0 Å². The molecule has 0 aromatic heterocycles. The molecule has 0 aliphatic carbocycles. The molecule has 1 fully saturated rings. The minimum Gasteiger partial charge on any atom is -0.394 e. The van der Waals surface area contributed by atoms with Gasteiger partial charge in [-0.15, -0.1) is 0 Å². The smallest absolute Gasteiger partial charge is 0.195 e. The second-order valence-corrected chi connectivity index (χ2v) is 3.86. The Kier molecular flexibility index (Phi) is 4.05. The molecule has 0 bridgehead atoms. The van der Waals surface area contributed by atoms with Crippen molar-refractivity contribution in [3.63, 3.8) is 0 Å². The Balaban J connectivity index is 2.82. The van der Waals surface area contributed by atoms with E-state index in [0.717, 1.165) is 0 Å². The molecule has 90 valence electrons. The van der Waals surface area contributed by atoms with E-state index in [-0.39, 0.29) is 6.42 Å². The lowest BCUT2D eigenvalue weighted by Gasteiger charge is -2.45. The average molecular weight is 222 g/mol. The molecule has 0 radical (unpaired) electrons. The number of rotatable bonds is 3. The lowest BCUT2D eigenvalue weighted by atomic mass is 9.90. The van der Waals surface area contributed by atoms with E-state index in [0.29, 0.717) is 6.42 Å². The number of hydrogen-bond acceptors (Lipinski definition) is 6. The predicted molar refractivity (Wildman–Crippen MR) is 49.8 cm³/mol. The van der Waals surface area contributed by atoms with E-state index in [1.807, 2.05) is 0 Å². The van der Waals surface area contributed by atoms with E-state index in [1.165, 1.54) is 0 Å². The van der Waals surface area contributed by atoms with Gasteiger partial charge in [0.05, 0.1) is 6.61 Å². The van der Waals surface area contributed by atoms with Crippen LogP contribution in [0.1, 0.15) is 19.8 Å². The molecule has 0 spiro atoms. The van der Waals surface area contributed by atoms with Gasteiger partial charge in [0.15, 0.2) is 5.79 Å². The van der Waals surface area contributed by atoms with Crippen LogP contribution in [0.3, 0.4) is 0 Å². The Morgan fingerprint density at radius 2 is 1.80 bits per heavy atom. The fraction of sp³-hybridized carbons (Fsp3) is 1.00. The van der Waals surface area contributed by atoms with Gasteiger partial charge in [-0.1, -0.05) is 13.3 Å². The van der Waals surface area contributed by atoms with Crippen molar-refractivity contribution in [1.29, 1.82) is 0 Å². The van der Waals surface area contributed by atoms with Crippen LogP contribution >= 0.6 is 0 Å². The van der Waals surface area contributed by atoms with Gasteiger partial charge in [-0.25, -0.2) is 0 Å². The summed E-state index contributed by atoms with van der Waals surface area (Å²) in [7, 11) is 0. The van der Waals surface area contributed by atoms with Crippen LogP contribution in [0.5, 0.6) is 0 Å². The summed E-state index contributed by atoms with van der Waals surface area (Å²) >= 11 is 0. The van der Waals surface area contributed by atoms with Crippen molar-refractivity contribution in [2.24, 2.45) is 0 Å². The minimum atomic E-state index is -1.90. The van der Waals surface area contributed by atoms with Crippen LogP contribution in [0.25, 0.3) is 0 Å². The molecule has 1 aliphatic heterocycles. The summed E-state index contributed by atoms with van der Waals surface area (Å²) < 4.78 is 5.00. The Bertz CT molecular complexity index is 209. The van der Waals surface area contributed by atoms with Gasteiger partial charge in [-0.05, 0) is 0 Å². The molecule has 1 saturated heterocycles. The first-order valence-corrected chi connectivity index (χ1v) is 5.01. The molecule has 1 rings (SSSR count). The summed E-state index contributed by atoms with van der Waals surface area (Å²) in [6.07, 6.45) is -4.92. The zero-order valence-corrected chi connectivity index (χ0v) is 8.58. The average Bonchev–Trinajstić information content (AvgIpc) is 2.21. The van der Waals surface area contributed by atoms with Crippen LogP contribution in [-0.4, -0.2) is 62.3 Å². The van der Waals surface area contributed by atoms with Gasteiger partial charge >= 0.3 is 0 Å². The highest BCUT2D eigenvalue weighted by molar-refractivity contribution is 4.95. The summed E-state index contributed by atoms with van der Waals surface area (Å²) in [5, 5.41) is 47.2. The molecule has 1 heterocycles. The third-order valence-corrected chi connectivity index (χ3v) is 2.66. The molecule has 1 aliphatic rings. The maximum absolute atomic E-state index is 9.88. The van der Waals surface area contributed by atoms with Crippen molar-refractivity contribution in [3.05, 3.63) is 0 Å². The number of ether oxygens (including phenoxy) is 1. The molecular formula is C9H18O6. The Morgan fingerprint density at radius 3 is 2.27 bits per heavy atom. The Hall–Kier alpha value is -0.240. The van der Waals surface area contributed by atoms with Crippen LogP contribution in [0.4, 0.5) is 0 Å². The monoisotopic (exact) mass is 222 g/mol. The van der Waals surface area contributed by atoms with Crippen LogP contribution in [0, 0.1) is 0 Å². The third-order valence-electron chi connectivity index (χ3n) is 2.66. The van der Waals surface area contributed by atoms with Crippen molar-refractivity contribution in [3.8, 4) is 0 Å². The van der Waals surface area contributed by atoms with Crippen molar-refractivity contribution in [2.45, 2.75) is 50.0 Å². The zero-order valence-electron chi connectivity index (χ0n) is 8.58. The molecule has 0 aromatic rings. The standard InChI is InChI=1S/C9H18O6/c1-2-3-9(14)8(13)7(12)6(11)5(4-10)15-9/h5-8,10-14H,2-4H2,1H3. The number of aliphatic hydroxyl groups is 5. The fourth-order valence-corrected chi connectivity index (χ4v) is 1.79. The summed E-state index contributed by atoms with van der Waals surface area (Å²) in [5.41, 5.74) is 0. The summed E-state index contributed by atoms with van der Waals surface area (Å²) in [5.74, 6) is -1.90. The van der Waals surface area contributed by atoms with Crippen LogP contribution in [-0.2, 0) is 4.74 Å². The van der Waals surface area contributed by atoms with E-state index in [4.69, 9.17) is 9.84 Å². The molecule has 6 heteroatoms.